The van der Waals surface area contributed by atoms with Crippen LogP contribution in [0.4, 0.5) is 0 Å². The molecule has 4 heteroatoms. The molecule has 104 valence electrons. The van der Waals surface area contributed by atoms with E-state index in [9.17, 15) is 4.79 Å². The van der Waals surface area contributed by atoms with E-state index in [0.29, 0.717) is 6.54 Å². The van der Waals surface area contributed by atoms with Gasteiger partial charge in [-0.3, -0.25) is 9.69 Å². The zero-order chi connectivity index (χ0) is 13.7. The Hall–Kier alpha value is -0.710. The molecule has 0 bridgehead atoms. The van der Waals surface area contributed by atoms with E-state index in [2.05, 4.69) is 25.7 Å². The Morgan fingerprint density at radius 2 is 2.00 bits per heavy atom. The van der Waals surface area contributed by atoms with Crippen molar-refractivity contribution in [1.29, 1.82) is 0 Å². The summed E-state index contributed by atoms with van der Waals surface area (Å²) >= 11 is 3.43. The Bertz CT molecular complexity index is 430. The molecule has 19 heavy (non-hydrogen) atoms. The van der Waals surface area contributed by atoms with E-state index in [-0.39, 0.29) is 5.78 Å². The number of halogens is 1. The van der Waals surface area contributed by atoms with Gasteiger partial charge in [0.25, 0.3) is 0 Å². The van der Waals surface area contributed by atoms with Crippen molar-refractivity contribution in [2.75, 3.05) is 39.8 Å². The number of rotatable bonds is 6. The first-order valence-electron chi connectivity index (χ1n) is 6.85. The molecule has 1 aliphatic rings. The van der Waals surface area contributed by atoms with Crippen molar-refractivity contribution in [3.63, 3.8) is 0 Å². The van der Waals surface area contributed by atoms with Gasteiger partial charge in [0.1, 0.15) is 0 Å². The summed E-state index contributed by atoms with van der Waals surface area (Å²) < 4.78 is 0.882. The summed E-state index contributed by atoms with van der Waals surface area (Å²) in [6.07, 6.45) is 2.64. The Labute approximate surface area is 123 Å². The van der Waals surface area contributed by atoms with Crippen LogP contribution in [0.2, 0.25) is 0 Å². The van der Waals surface area contributed by atoms with Gasteiger partial charge in [-0.2, -0.15) is 0 Å². The fourth-order valence-electron chi connectivity index (χ4n) is 2.42. The van der Waals surface area contributed by atoms with Gasteiger partial charge < -0.3 is 4.90 Å². The monoisotopic (exact) mass is 324 g/mol. The van der Waals surface area contributed by atoms with Crippen LogP contribution in [0.25, 0.3) is 0 Å². The van der Waals surface area contributed by atoms with E-state index in [0.717, 1.165) is 23.1 Å². The summed E-state index contributed by atoms with van der Waals surface area (Å²) in [4.78, 5) is 16.8. The quantitative estimate of drug-likeness (QED) is 0.752. The van der Waals surface area contributed by atoms with E-state index >= 15 is 0 Å². The molecular weight excluding hydrogens is 304 g/mol. The predicted molar refractivity (Wildman–Crippen MR) is 81.6 cm³/mol. The number of hydrogen-bond acceptors (Lipinski definition) is 3. The fraction of sp³-hybridized carbons (Fsp3) is 0.533. The van der Waals surface area contributed by atoms with Crippen LogP contribution in [0, 0.1) is 0 Å². The number of likely N-dealkylation sites (tertiary alicyclic amines) is 1. The molecule has 0 amide bonds. The standard InChI is InChI=1S/C15H21BrN2O/c1-17(10-11-18-8-4-5-9-18)12-15(19)13-6-2-3-7-14(13)16/h2-3,6-7H,4-5,8-12H2,1H3. The second kappa shape index (κ2) is 7.17. The van der Waals surface area contributed by atoms with Gasteiger partial charge in [-0.15, -0.1) is 0 Å². The van der Waals surface area contributed by atoms with Gasteiger partial charge in [0, 0.05) is 23.1 Å². The maximum Gasteiger partial charge on any atom is 0.177 e. The number of nitrogens with zero attached hydrogens (tertiary/aromatic N) is 2. The normalized spacial score (nSPS) is 16.2. The van der Waals surface area contributed by atoms with Crippen molar-refractivity contribution in [2.45, 2.75) is 12.8 Å². The lowest BCUT2D eigenvalue weighted by Crippen LogP contribution is -2.34. The molecule has 0 radical (unpaired) electrons. The molecule has 0 aromatic heterocycles. The van der Waals surface area contributed by atoms with E-state index in [4.69, 9.17) is 0 Å². The molecule has 1 fully saturated rings. The lowest BCUT2D eigenvalue weighted by atomic mass is 10.1. The molecule has 0 spiro atoms. The highest BCUT2D eigenvalue weighted by Crippen LogP contribution is 2.16. The maximum absolute atomic E-state index is 12.2. The van der Waals surface area contributed by atoms with Crippen molar-refractivity contribution in [3.05, 3.63) is 34.3 Å². The fourth-order valence-corrected chi connectivity index (χ4v) is 2.92. The molecular formula is C15H21BrN2O. The highest BCUT2D eigenvalue weighted by Gasteiger charge is 2.14. The minimum Gasteiger partial charge on any atom is -0.302 e. The van der Waals surface area contributed by atoms with Gasteiger partial charge in [0.05, 0.1) is 6.54 Å². The van der Waals surface area contributed by atoms with Gasteiger partial charge in [-0.05, 0) is 39.0 Å². The third kappa shape index (κ3) is 4.41. The van der Waals surface area contributed by atoms with Gasteiger partial charge >= 0.3 is 0 Å². The number of likely N-dealkylation sites (N-methyl/N-ethyl adjacent to an activating group) is 1. The van der Waals surface area contributed by atoms with Gasteiger partial charge in [0.15, 0.2) is 5.78 Å². The minimum absolute atomic E-state index is 0.177. The lowest BCUT2D eigenvalue weighted by Gasteiger charge is -2.20. The average molecular weight is 325 g/mol. The number of ketones is 1. The summed E-state index contributed by atoms with van der Waals surface area (Å²) in [7, 11) is 2.02. The van der Waals surface area contributed by atoms with Crippen LogP contribution in [-0.2, 0) is 0 Å². The molecule has 0 atom stereocenters. The highest BCUT2D eigenvalue weighted by molar-refractivity contribution is 9.10. The summed E-state index contributed by atoms with van der Waals surface area (Å²) in [5.74, 6) is 0.177. The number of hydrogen-bond donors (Lipinski definition) is 0. The first-order valence-corrected chi connectivity index (χ1v) is 7.65. The van der Waals surface area contributed by atoms with Crippen molar-refractivity contribution >= 4 is 21.7 Å². The van der Waals surface area contributed by atoms with Crippen LogP contribution in [-0.4, -0.2) is 55.4 Å². The van der Waals surface area contributed by atoms with Crippen LogP contribution in [0.3, 0.4) is 0 Å². The summed E-state index contributed by atoms with van der Waals surface area (Å²) in [5, 5.41) is 0. The number of Topliss-reactive ketones (excluding diaryl/α,β-unsaturated/α-hetero) is 1. The summed E-state index contributed by atoms with van der Waals surface area (Å²) in [6, 6.07) is 7.62. The maximum atomic E-state index is 12.2. The van der Waals surface area contributed by atoms with E-state index in [1.807, 2.05) is 31.3 Å². The van der Waals surface area contributed by atoms with E-state index in [1.54, 1.807) is 0 Å². The van der Waals surface area contributed by atoms with Gasteiger partial charge in [0.2, 0.25) is 0 Å². The van der Waals surface area contributed by atoms with Crippen LogP contribution < -0.4 is 0 Å². The average Bonchev–Trinajstić information content (AvgIpc) is 2.90. The number of benzene rings is 1. The van der Waals surface area contributed by atoms with Crippen molar-refractivity contribution in [3.8, 4) is 0 Å². The molecule has 0 aliphatic carbocycles. The predicted octanol–water partition coefficient (Wildman–Crippen LogP) is 2.66. The summed E-state index contributed by atoms with van der Waals surface area (Å²) in [6.45, 7) is 4.93. The van der Waals surface area contributed by atoms with E-state index < -0.39 is 0 Å². The smallest absolute Gasteiger partial charge is 0.177 e. The Balaban J connectivity index is 1.79. The van der Waals surface area contributed by atoms with E-state index in [1.165, 1.54) is 25.9 Å². The van der Waals surface area contributed by atoms with Crippen molar-refractivity contribution in [2.24, 2.45) is 0 Å². The zero-order valence-electron chi connectivity index (χ0n) is 11.4. The molecule has 0 saturated carbocycles. The third-order valence-electron chi connectivity index (χ3n) is 3.58. The second-order valence-corrected chi connectivity index (χ2v) is 6.04. The topological polar surface area (TPSA) is 23.6 Å². The highest BCUT2D eigenvalue weighted by atomic mass is 79.9. The lowest BCUT2D eigenvalue weighted by molar-refractivity contribution is 0.0940. The van der Waals surface area contributed by atoms with Crippen LogP contribution in [0.15, 0.2) is 28.7 Å². The molecule has 1 aliphatic heterocycles. The molecule has 3 nitrogen and oxygen atoms in total. The second-order valence-electron chi connectivity index (χ2n) is 5.19. The Morgan fingerprint density at radius 1 is 1.32 bits per heavy atom. The van der Waals surface area contributed by atoms with Crippen molar-refractivity contribution in [1.82, 2.24) is 9.80 Å². The first-order chi connectivity index (χ1) is 9.16. The largest absolute Gasteiger partial charge is 0.302 e. The van der Waals surface area contributed by atoms with Crippen LogP contribution >= 0.6 is 15.9 Å². The van der Waals surface area contributed by atoms with Gasteiger partial charge in [-0.1, -0.05) is 34.1 Å². The molecule has 1 saturated heterocycles. The molecule has 0 unspecified atom stereocenters. The number of carbonyl (C=O) groups is 1. The van der Waals surface area contributed by atoms with Crippen LogP contribution in [0.1, 0.15) is 23.2 Å². The SMILES string of the molecule is CN(CCN1CCCC1)CC(=O)c1ccccc1Br. The third-order valence-corrected chi connectivity index (χ3v) is 4.28. The van der Waals surface area contributed by atoms with Crippen molar-refractivity contribution < 1.29 is 4.79 Å². The van der Waals surface area contributed by atoms with Crippen LogP contribution in [0.5, 0.6) is 0 Å². The molecule has 1 aromatic rings. The Morgan fingerprint density at radius 3 is 2.68 bits per heavy atom. The number of carbonyl (C=O) groups excluding carboxylic acids is 1. The molecule has 2 rings (SSSR count). The zero-order valence-corrected chi connectivity index (χ0v) is 13.0. The molecule has 1 aromatic carbocycles. The summed E-state index contributed by atoms with van der Waals surface area (Å²) in [5.41, 5.74) is 0.774. The molecule has 1 heterocycles. The molecule has 0 N–H and O–H groups in total. The van der Waals surface area contributed by atoms with Gasteiger partial charge in [-0.25, -0.2) is 0 Å². The minimum atomic E-state index is 0.177. The first kappa shape index (κ1) is 14.7. The Kier molecular flexibility index (Phi) is 5.55.